The van der Waals surface area contributed by atoms with Crippen molar-refractivity contribution < 1.29 is 13.2 Å². The number of nitrogens with one attached hydrogen (secondary N) is 1. The maximum absolute atomic E-state index is 12.6. The molecule has 1 amide bonds. The van der Waals surface area contributed by atoms with Crippen molar-refractivity contribution in [1.82, 2.24) is 5.32 Å². The monoisotopic (exact) mass is 343 g/mol. The number of amides is 1. The van der Waals surface area contributed by atoms with Crippen LogP contribution in [-0.4, -0.2) is 25.6 Å². The molecule has 1 aliphatic rings. The second kappa shape index (κ2) is 7.01. The minimum atomic E-state index is -3.78. The molecular weight excluding hydrogens is 322 g/mol. The van der Waals surface area contributed by atoms with Gasteiger partial charge in [-0.25, -0.2) is 8.42 Å². The van der Waals surface area contributed by atoms with Crippen LogP contribution in [0, 0.1) is 5.92 Å². The first-order valence-corrected chi connectivity index (χ1v) is 9.55. The van der Waals surface area contributed by atoms with E-state index in [1.54, 1.807) is 12.1 Å². The van der Waals surface area contributed by atoms with E-state index in [2.05, 4.69) is 12.2 Å². The van der Waals surface area contributed by atoms with Crippen molar-refractivity contribution >= 4 is 27.3 Å². The van der Waals surface area contributed by atoms with E-state index in [9.17, 15) is 13.2 Å². The zero-order valence-corrected chi connectivity index (χ0v) is 14.5. The summed E-state index contributed by atoms with van der Waals surface area (Å²) < 4.78 is 25.1. The third-order valence-corrected chi connectivity index (χ3v) is 6.97. The molecule has 0 aromatic heterocycles. The van der Waals surface area contributed by atoms with Crippen molar-refractivity contribution in [3.8, 4) is 0 Å². The van der Waals surface area contributed by atoms with Gasteiger partial charge in [-0.15, -0.1) is 0 Å². The molecule has 3 atom stereocenters. The number of hydrogen-bond donors (Lipinski definition) is 1. The molecule has 0 radical (unpaired) electrons. The third-order valence-electron chi connectivity index (χ3n) is 4.42. The van der Waals surface area contributed by atoms with Gasteiger partial charge in [0.15, 0.2) is 9.84 Å². The van der Waals surface area contributed by atoms with Gasteiger partial charge in [0.2, 0.25) is 5.91 Å². The zero-order chi connectivity index (χ0) is 16.3. The van der Waals surface area contributed by atoms with Crippen molar-refractivity contribution in [3.05, 3.63) is 29.3 Å². The van der Waals surface area contributed by atoms with Crippen LogP contribution in [0.2, 0.25) is 5.02 Å². The molecule has 2 rings (SSSR count). The molecule has 1 saturated carbocycles. The number of carbonyl (C=O) groups is 1. The summed E-state index contributed by atoms with van der Waals surface area (Å²) in [6, 6.07) is 6.28. The van der Waals surface area contributed by atoms with E-state index in [1.165, 1.54) is 25.5 Å². The molecule has 22 heavy (non-hydrogen) atoms. The molecular formula is C16H22ClNO3S. The van der Waals surface area contributed by atoms with Gasteiger partial charge in [-0.3, -0.25) is 4.79 Å². The number of hydrogen-bond acceptors (Lipinski definition) is 3. The predicted octanol–water partition coefficient (Wildman–Crippen LogP) is 3.20. The Bertz CT molecular complexity index is 645. The first-order chi connectivity index (χ1) is 10.3. The van der Waals surface area contributed by atoms with Crippen LogP contribution in [0.4, 0.5) is 0 Å². The molecule has 0 spiro atoms. The normalized spacial score (nSPS) is 23.8. The van der Waals surface area contributed by atoms with E-state index in [0.717, 1.165) is 19.3 Å². The molecule has 4 nitrogen and oxygen atoms in total. The molecule has 1 N–H and O–H groups in total. The molecule has 0 heterocycles. The van der Waals surface area contributed by atoms with Crippen molar-refractivity contribution in [2.75, 3.05) is 0 Å². The van der Waals surface area contributed by atoms with Gasteiger partial charge in [-0.05, 0) is 37.8 Å². The van der Waals surface area contributed by atoms with Gasteiger partial charge in [0.05, 0.1) is 9.92 Å². The predicted molar refractivity (Wildman–Crippen MR) is 87.7 cm³/mol. The maximum atomic E-state index is 12.6. The Kier molecular flexibility index (Phi) is 5.50. The van der Waals surface area contributed by atoms with Gasteiger partial charge in [0.1, 0.15) is 5.25 Å². The number of halogens is 1. The van der Waals surface area contributed by atoms with Crippen molar-refractivity contribution in [3.63, 3.8) is 0 Å². The summed E-state index contributed by atoms with van der Waals surface area (Å²) >= 11 is 5.96. The summed E-state index contributed by atoms with van der Waals surface area (Å²) in [7, 11) is -3.78. The van der Waals surface area contributed by atoms with Gasteiger partial charge in [0.25, 0.3) is 0 Å². The summed E-state index contributed by atoms with van der Waals surface area (Å²) in [5, 5.41) is 1.90. The second-order valence-electron chi connectivity index (χ2n) is 5.99. The van der Waals surface area contributed by atoms with Gasteiger partial charge in [-0.2, -0.15) is 0 Å². The van der Waals surface area contributed by atoms with E-state index in [4.69, 9.17) is 11.6 Å². The molecule has 0 aliphatic heterocycles. The largest absolute Gasteiger partial charge is 0.352 e. The van der Waals surface area contributed by atoms with Crippen LogP contribution >= 0.6 is 11.6 Å². The van der Waals surface area contributed by atoms with E-state index in [0.29, 0.717) is 5.92 Å². The SMILES string of the molecule is CC1CCCCC1NC(=O)C(C)S(=O)(=O)c1ccccc1Cl. The van der Waals surface area contributed by atoms with E-state index in [1.807, 2.05) is 0 Å². The van der Waals surface area contributed by atoms with Crippen molar-refractivity contribution in [1.29, 1.82) is 0 Å². The Labute approximate surface area is 137 Å². The molecule has 0 saturated heterocycles. The lowest BCUT2D eigenvalue weighted by Gasteiger charge is -2.30. The molecule has 122 valence electrons. The Morgan fingerprint density at radius 3 is 2.55 bits per heavy atom. The first kappa shape index (κ1) is 17.3. The fourth-order valence-corrected chi connectivity index (χ4v) is 4.63. The number of carbonyl (C=O) groups excluding carboxylic acids is 1. The summed E-state index contributed by atoms with van der Waals surface area (Å²) in [6.45, 7) is 3.51. The molecule has 1 fully saturated rings. The molecule has 0 bridgehead atoms. The summed E-state index contributed by atoms with van der Waals surface area (Å²) in [6.07, 6.45) is 4.21. The van der Waals surface area contributed by atoms with Gasteiger partial charge in [0, 0.05) is 6.04 Å². The van der Waals surface area contributed by atoms with E-state index >= 15 is 0 Å². The van der Waals surface area contributed by atoms with Crippen molar-refractivity contribution in [2.24, 2.45) is 5.92 Å². The highest BCUT2D eigenvalue weighted by molar-refractivity contribution is 7.92. The molecule has 6 heteroatoms. The third kappa shape index (κ3) is 3.63. The molecule has 3 unspecified atom stereocenters. The van der Waals surface area contributed by atoms with Crippen LogP contribution in [0.1, 0.15) is 39.5 Å². The van der Waals surface area contributed by atoms with Crippen LogP contribution < -0.4 is 5.32 Å². The van der Waals surface area contributed by atoms with E-state index < -0.39 is 21.0 Å². The van der Waals surface area contributed by atoms with Gasteiger partial charge < -0.3 is 5.32 Å². The standard InChI is InChI=1S/C16H22ClNO3S/c1-11-7-3-5-9-14(11)18-16(19)12(2)22(20,21)15-10-6-4-8-13(15)17/h4,6,8,10-12,14H,3,5,7,9H2,1-2H3,(H,18,19). The highest BCUT2D eigenvalue weighted by atomic mass is 35.5. The Balaban J connectivity index is 2.14. The Morgan fingerprint density at radius 1 is 1.27 bits per heavy atom. The topological polar surface area (TPSA) is 63.2 Å². The smallest absolute Gasteiger partial charge is 0.238 e. The quantitative estimate of drug-likeness (QED) is 0.913. The highest BCUT2D eigenvalue weighted by Crippen LogP contribution is 2.26. The van der Waals surface area contributed by atoms with Gasteiger partial charge >= 0.3 is 0 Å². The fraction of sp³-hybridized carbons (Fsp3) is 0.562. The lowest BCUT2D eigenvalue weighted by molar-refractivity contribution is -0.121. The number of sulfone groups is 1. The molecule has 1 aromatic carbocycles. The summed E-state index contributed by atoms with van der Waals surface area (Å²) in [5.74, 6) is -0.0633. The Hall–Kier alpha value is -1.07. The first-order valence-electron chi connectivity index (χ1n) is 7.63. The number of benzene rings is 1. The lowest BCUT2D eigenvalue weighted by Crippen LogP contribution is -2.46. The lowest BCUT2D eigenvalue weighted by atomic mass is 9.86. The molecule has 1 aliphatic carbocycles. The van der Waals surface area contributed by atoms with Crippen LogP contribution in [0.15, 0.2) is 29.2 Å². The van der Waals surface area contributed by atoms with Crippen LogP contribution in [0.5, 0.6) is 0 Å². The maximum Gasteiger partial charge on any atom is 0.238 e. The zero-order valence-electron chi connectivity index (χ0n) is 12.9. The van der Waals surface area contributed by atoms with Gasteiger partial charge in [-0.1, -0.05) is 43.5 Å². The fourth-order valence-electron chi connectivity index (χ4n) is 2.84. The number of rotatable bonds is 4. The van der Waals surface area contributed by atoms with Crippen molar-refractivity contribution in [2.45, 2.75) is 55.7 Å². The van der Waals surface area contributed by atoms with E-state index in [-0.39, 0.29) is 16.0 Å². The minimum Gasteiger partial charge on any atom is -0.352 e. The minimum absolute atomic E-state index is 0.0102. The summed E-state index contributed by atoms with van der Waals surface area (Å²) in [4.78, 5) is 12.4. The van der Waals surface area contributed by atoms with Crippen LogP contribution in [0.25, 0.3) is 0 Å². The average Bonchev–Trinajstić information content (AvgIpc) is 2.49. The molecule has 1 aromatic rings. The second-order valence-corrected chi connectivity index (χ2v) is 8.64. The van der Waals surface area contributed by atoms with Crippen LogP contribution in [-0.2, 0) is 14.6 Å². The summed E-state index contributed by atoms with van der Waals surface area (Å²) in [5.41, 5.74) is 0. The Morgan fingerprint density at radius 2 is 1.91 bits per heavy atom. The average molecular weight is 344 g/mol. The highest BCUT2D eigenvalue weighted by Gasteiger charge is 2.33. The van der Waals surface area contributed by atoms with Crippen LogP contribution in [0.3, 0.4) is 0 Å².